The minimum Gasteiger partial charge on any atom is -0.497 e. The minimum absolute atomic E-state index is 0.145. The third kappa shape index (κ3) is 3.19. The Labute approximate surface area is 133 Å². The van der Waals surface area contributed by atoms with E-state index in [4.69, 9.17) is 4.74 Å². The van der Waals surface area contributed by atoms with Crippen molar-refractivity contribution in [3.8, 4) is 5.75 Å². The van der Waals surface area contributed by atoms with Crippen molar-refractivity contribution in [2.75, 3.05) is 13.7 Å². The first kappa shape index (κ1) is 15.1. The van der Waals surface area contributed by atoms with E-state index >= 15 is 0 Å². The van der Waals surface area contributed by atoms with Crippen molar-refractivity contribution < 1.29 is 14.6 Å². The van der Waals surface area contributed by atoms with Gasteiger partial charge in [-0.05, 0) is 35.9 Å². The number of carbonyl (C=O) groups excluding carboxylic acids is 1. The average Bonchev–Trinajstić information content (AvgIpc) is 3.08. The highest BCUT2D eigenvalue weighted by molar-refractivity contribution is 6.06. The van der Waals surface area contributed by atoms with E-state index in [0.29, 0.717) is 5.56 Å². The Morgan fingerprint density at radius 3 is 2.74 bits per heavy atom. The van der Waals surface area contributed by atoms with Crippen LogP contribution >= 0.6 is 0 Å². The fourth-order valence-electron chi connectivity index (χ4n) is 2.51. The zero-order chi connectivity index (χ0) is 16.2. The molecule has 0 aliphatic rings. The van der Waals surface area contributed by atoms with E-state index in [9.17, 15) is 9.90 Å². The van der Waals surface area contributed by atoms with Crippen LogP contribution in [-0.2, 0) is 0 Å². The number of amides is 1. The van der Waals surface area contributed by atoms with Crippen LogP contribution in [0.3, 0.4) is 0 Å². The van der Waals surface area contributed by atoms with Gasteiger partial charge in [-0.1, -0.05) is 18.2 Å². The van der Waals surface area contributed by atoms with E-state index in [1.165, 1.54) is 0 Å². The first-order valence-electron chi connectivity index (χ1n) is 7.35. The number of ether oxygens (including phenoxy) is 1. The lowest BCUT2D eigenvalue weighted by Crippen LogP contribution is -2.28. The highest BCUT2D eigenvalue weighted by Gasteiger charge is 2.13. The summed E-state index contributed by atoms with van der Waals surface area (Å²) in [6, 6.07) is 14.5. The SMILES string of the molecule is COc1ccc(C(O)CNC(=O)c2cccc3[nH]ccc23)cc1. The molecule has 0 saturated heterocycles. The molecule has 3 rings (SSSR count). The number of rotatable bonds is 5. The zero-order valence-electron chi connectivity index (χ0n) is 12.7. The molecule has 2 aromatic carbocycles. The molecule has 3 aromatic rings. The molecule has 1 aromatic heterocycles. The molecule has 1 heterocycles. The monoisotopic (exact) mass is 310 g/mol. The quantitative estimate of drug-likeness (QED) is 0.678. The molecular weight excluding hydrogens is 292 g/mol. The van der Waals surface area contributed by atoms with Crippen molar-refractivity contribution in [3.63, 3.8) is 0 Å². The molecule has 1 amide bonds. The summed E-state index contributed by atoms with van der Waals surface area (Å²) in [5.41, 5.74) is 2.23. The molecule has 3 N–H and O–H groups in total. The summed E-state index contributed by atoms with van der Waals surface area (Å²) in [5.74, 6) is 0.520. The fraction of sp³-hybridized carbons (Fsp3) is 0.167. The molecule has 0 bridgehead atoms. The number of nitrogens with one attached hydrogen (secondary N) is 2. The second-order valence-corrected chi connectivity index (χ2v) is 5.24. The van der Waals surface area contributed by atoms with Crippen LogP contribution in [0.1, 0.15) is 22.0 Å². The third-order valence-electron chi connectivity index (χ3n) is 3.80. The Kier molecular flexibility index (Phi) is 4.30. The van der Waals surface area contributed by atoms with Crippen LogP contribution in [0.15, 0.2) is 54.7 Å². The third-order valence-corrected chi connectivity index (χ3v) is 3.80. The number of hydrogen-bond donors (Lipinski definition) is 3. The number of benzene rings is 2. The smallest absolute Gasteiger partial charge is 0.252 e. The number of hydrogen-bond acceptors (Lipinski definition) is 3. The number of fused-ring (bicyclic) bond motifs is 1. The minimum atomic E-state index is -0.768. The van der Waals surface area contributed by atoms with Crippen LogP contribution in [0.5, 0.6) is 5.75 Å². The predicted molar refractivity (Wildman–Crippen MR) is 88.6 cm³/mol. The lowest BCUT2D eigenvalue weighted by molar-refractivity contribution is 0.0918. The van der Waals surface area contributed by atoms with E-state index in [1.807, 2.05) is 18.2 Å². The first-order chi connectivity index (χ1) is 11.2. The standard InChI is InChI=1S/C18H18N2O3/c1-23-13-7-5-12(6-8-13)17(21)11-20-18(22)15-3-2-4-16-14(15)9-10-19-16/h2-10,17,19,21H,11H2,1H3,(H,20,22). The molecule has 1 unspecified atom stereocenters. The fourth-order valence-corrected chi connectivity index (χ4v) is 2.51. The normalized spacial score (nSPS) is 12.1. The summed E-state index contributed by atoms with van der Waals surface area (Å²) < 4.78 is 5.08. The number of methoxy groups -OCH3 is 1. The van der Waals surface area contributed by atoms with Gasteiger partial charge in [0.25, 0.3) is 5.91 Å². The largest absolute Gasteiger partial charge is 0.497 e. The summed E-state index contributed by atoms with van der Waals surface area (Å²) in [5, 5.41) is 13.8. The Balaban J connectivity index is 1.67. The van der Waals surface area contributed by atoms with E-state index in [0.717, 1.165) is 22.2 Å². The van der Waals surface area contributed by atoms with Gasteiger partial charge in [-0.15, -0.1) is 0 Å². The Morgan fingerprint density at radius 1 is 1.22 bits per heavy atom. The zero-order valence-corrected chi connectivity index (χ0v) is 12.7. The van der Waals surface area contributed by atoms with Gasteiger partial charge in [-0.3, -0.25) is 4.79 Å². The van der Waals surface area contributed by atoms with E-state index < -0.39 is 6.10 Å². The second-order valence-electron chi connectivity index (χ2n) is 5.24. The summed E-state index contributed by atoms with van der Waals surface area (Å²) in [6.45, 7) is 0.145. The van der Waals surface area contributed by atoms with Gasteiger partial charge >= 0.3 is 0 Å². The second kappa shape index (κ2) is 6.54. The van der Waals surface area contributed by atoms with E-state index in [2.05, 4.69) is 10.3 Å². The molecule has 1 atom stereocenters. The van der Waals surface area contributed by atoms with Gasteiger partial charge in [0.1, 0.15) is 5.75 Å². The van der Waals surface area contributed by atoms with E-state index in [1.54, 1.807) is 43.6 Å². The maximum atomic E-state index is 12.3. The molecule has 0 aliphatic heterocycles. The molecule has 0 fully saturated rings. The van der Waals surface area contributed by atoms with Crippen molar-refractivity contribution >= 4 is 16.8 Å². The molecule has 0 spiro atoms. The average molecular weight is 310 g/mol. The molecule has 23 heavy (non-hydrogen) atoms. The number of aromatic nitrogens is 1. The van der Waals surface area contributed by atoms with Gasteiger partial charge in [0, 0.05) is 29.2 Å². The lowest BCUT2D eigenvalue weighted by atomic mass is 10.1. The van der Waals surface area contributed by atoms with Crippen LogP contribution in [0.2, 0.25) is 0 Å². The van der Waals surface area contributed by atoms with Crippen molar-refractivity contribution in [3.05, 3.63) is 65.9 Å². The highest BCUT2D eigenvalue weighted by Crippen LogP contribution is 2.19. The predicted octanol–water partition coefficient (Wildman–Crippen LogP) is 2.64. The summed E-state index contributed by atoms with van der Waals surface area (Å²) in [7, 11) is 1.59. The molecule has 0 aliphatic carbocycles. The highest BCUT2D eigenvalue weighted by atomic mass is 16.5. The number of carbonyl (C=O) groups is 1. The summed E-state index contributed by atoms with van der Waals surface area (Å²) >= 11 is 0. The van der Waals surface area contributed by atoms with Crippen LogP contribution in [0, 0.1) is 0 Å². The van der Waals surface area contributed by atoms with Gasteiger partial charge in [-0.2, -0.15) is 0 Å². The molecule has 5 nitrogen and oxygen atoms in total. The summed E-state index contributed by atoms with van der Waals surface area (Å²) in [6.07, 6.45) is 1.03. The van der Waals surface area contributed by atoms with Crippen molar-refractivity contribution in [2.24, 2.45) is 0 Å². The molecular formula is C18H18N2O3. The lowest BCUT2D eigenvalue weighted by Gasteiger charge is -2.13. The molecule has 5 heteroatoms. The summed E-state index contributed by atoms with van der Waals surface area (Å²) in [4.78, 5) is 15.4. The van der Waals surface area contributed by atoms with Crippen LogP contribution in [0.25, 0.3) is 10.9 Å². The Hall–Kier alpha value is -2.79. The number of aliphatic hydroxyl groups is 1. The maximum absolute atomic E-state index is 12.3. The Bertz CT molecular complexity index is 809. The van der Waals surface area contributed by atoms with E-state index in [-0.39, 0.29) is 12.5 Å². The van der Waals surface area contributed by atoms with Crippen LogP contribution < -0.4 is 10.1 Å². The molecule has 118 valence electrons. The van der Waals surface area contributed by atoms with Gasteiger partial charge < -0.3 is 20.1 Å². The van der Waals surface area contributed by atoms with Crippen LogP contribution in [-0.4, -0.2) is 29.7 Å². The van der Waals surface area contributed by atoms with Crippen molar-refractivity contribution in [1.29, 1.82) is 0 Å². The number of aromatic amines is 1. The van der Waals surface area contributed by atoms with Gasteiger partial charge in [0.05, 0.1) is 13.2 Å². The number of aliphatic hydroxyl groups excluding tert-OH is 1. The van der Waals surface area contributed by atoms with Gasteiger partial charge in [0.2, 0.25) is 0 Å². The maximum Gasteiger partial charge on any atom is 0.252 e. The van der Waals surface area contributed by atoms with Crippen LogP contribution in [0.4, 0.5) is 0 Å². The molecule has 0 saturated carbocycles. The van der Waals surface area contributed by atoms with Gasteiger partial charge in [-0.25, -0.2) is 0 Å². The number of H-pyrrole nitrogens is 1. The van der Waals surface area contributed by atoms with Crippen molar-refractivity contribution in [2.45, 2.75) is 6.10 Å². The van der Waals surface area contributed by atoms with Crippen molar-refractivity contribution in [1.82, 2.24) is 10.3 Å². The Morgan fingerprint density at radius 2 is 2.00 bits per heavy atom. The topological polar surface area (TPSA) is 74.3 Å². The molecule has 0 radical (unpaired) electrons. The first-order valence-corrected chi connectivity index (χ1v) is 7.35. The van der Waals surface area contributed by atoms with Gasteiger partial charge in [0.15, 0.2) is 0 Å².